The fraction of sp³-hybridized carbons (Fsp3) is 0.381. The van der Waals surface area contributed by atoms with E-state index < -0.39 is 0 Å². The number of aliphatic hydroxyl groups is 1. The van der Waals surface area contributed by atoms with Crippen LogP contribution in [-0.2, 0) is 17.6 Å². The number of nitrogens with one attached hydrogen (secondary N) is 1. The number of amides is 1. The summed E-state index contributed by atoms with van der Waals surface area (Å²) < 4.78 is 1.63. The fourth-order valence-electron chi connectivity index (χ4n) is 3.58. The van der Waals surface area contributed by atoms with Gasteiger partial charge in [-0.2, -0.15) is 0 Å². The van der Waals surface area contributed by atoms with Gasteiger partial charge in [0, 0.05) is 18.0 Å². The van der Waals surface area contributed by atoms with Crippen LogP contribution in [0.2, 0.25) is 0 Å². The molecule has 8 heteroatoms. The third-order valence-electron chi connectivity index (χ3n) is 4.96. The van der Waals surface area contributed by atoms with Crippen molar-refractivity contribution in [2.45, 2.75) is 37.3 Å². The van der Waals surface area contributed by atoms with Gasteiger partial charge in [0.1, 0.15) is 4.83 Å². The maximum atomic E-state index is 13.5. The first kappa shape index (κ1) is 20.1. The minimum Gasteiger partial charge on any atom is -0.396 e. The Bertz CT molecular complexity index is 1080. The van der Waals surface area contributed by atoms with Crippen LogP contribution in [0.4, 0.5) is 0 Å². The first-order valence-corrected chi connectivity index (χ1v) is 11.6. The van der Waals surface area contributed by atoms with Gasteiger partial charge in [0.15, 0.2) is 5.16 Å². The number of aromatic nitrogens is 2. The molecule has 152 valence electrons. The van der Waals surface area contributed by atoms with Gasteiger partial charge >= 0.3 is 0 Å². The number of rotatable bonds is 7. The van der Waals surface area contributed by atoms with E-state index in [1.54, 1.807) is 15.9 Å². The SMILES string of the molecule is O=C(CSc1nc2sc3c(c2c(=O)n1-c1ccccc1)CCCC3)NCCCO. The van der Waals surface area contributed by atoms with E-state index in [9.17, 15) is 9.59 Å². The van der Waals surface area contributed by atoms with Crippen molar-refractivity contribution in [3.05, 3.63) is 51.1 Å². The molecule has 0 bridgehead atoms. The smallest absolute Gasteiger partial charge is 0.267 e. The summed E-state index contributed by atoms with van der Waals surface area (Å²) in [7, 11) is 0. The van der Waals surface area contributed by atoms with Gasteiger partial charge in [0.2, 0.25) is 5.91 Å². The Labute approximate surface area is 177 Å². The van der Waals surface area contributed by atoms with Crippen LogP contribution in [0.15, 0.2) is 40.3 Å². The molecule has 1 aromatic carbocycles. The summed E-state index contributed by atoms with van der Waals surface area (Å²) in [6.07, 6.45) is 4.73. The fourth-order valence-corrected chi connectivity index (χ4v) is 5.72. The lowest BCUT2D eigenvalue weighted by Gasteiger charge is -2.13. The van der Waals surface area contributed by atoms with E-state index in [4.69, 9.17) is 10.1 Å². The summed E-state index contributed by atoms with van der Waals surface area (Å²) in [5.74, 6) is 0.0317. The largest absolute Gasteiger partial charge is 0.396 e. The van der Waals surface area contributed by atoms with Gasteiger partial charge in [-0.1, -0.05) is 30.0 Å². The van der Waals surface area contributed by atoms with E-state index in [2.05, 4.69) is 5.32 Å². The zero-order chi connectivity index (χ0) is 20.2. The molecule has 0 spiro atoms. The number of benzene rings is 1. The quantitative estimate of drug-likeness (QED) is 0.343. The average molecular weight is 430 g/mol. The predicted molar refractivity (Wildman–Crippen MR) is 117 cm³/mol. The number of hydrogen-bond acceptors (Lipinski definition) is 6. The summed E-state index contributed by atoms with van der Waals surface area (Å²) in [6.45, 7) is 0.480. The molecule has 2 N–H and O–H groups in total. The number of carbonyl (C=O) groups excluding carboxylic acids is 1. The van der Waals surface area contributed by atoms with E-state index >= 15 is 0 Å². The molecule has 0 fully saturated rings. The van der Waals surface area contributed by atoms with Crippen molar-refractivity contribution in [1.82, 2.24) is 14.9 Å². The summed E-state index contributed by atoms with van der Waals surface area (Å²) in [5.41, 5.74) is 1.87. The molecule has 0 radical (unpaired) electrons. The van der Waals surface area contributed by atoms with E-state index in [0.717, 1.165) is 47.2 Å². The molecule has 3 aromatic rings. The Kier molecular flexibility index (Phi) is 6.32. The number of fused-ring (bicyclic) bond motifs is 3. The highest BCUT2D eigenvalue weighted by molar-refractivity contribution is 7.99. The molecule has 4 rings (SSSR count). The molecule has 2 aromatic heterocycles. The molecule has 0 saturated heterocycles. The van der Waals surface area contributed by atoms with Crippen molar-refractivity contribution < 1.29 is 9.90 Å². The summed E-state index contributed by atoms with van der Waals surface area (Å²) >= 11 is 2.88. The number of carbonyl (C=O) groups is 1. The van der Waals surface area contributed by atoms with Gasteiger partial charge < -0.3 is 10.4 Å². The van der Waals surface area contributed by atoms with Crippen LogP contribution in [0.5, 0.6) is 0 Å². The molecule has 29 heavy (non-hydrogen) atoms. The highest BCUT2D eigenvalue weighted by Gasteiger charge is 2.23. The van der Waals surface area contributed by atoms with Gasteiger partial charge in [-0.25, -0.2) is 4.98 Å². The van der Waals surface area contributed by atoms with Gasteiger partial charge in [-0.15, -0.1) is 11.3 Å². The van der Waals surface area contributed by atoms with Gasteiger partial charge in [0.25, 0.3) is 5.56 Å². The number of thiophene rings is 1. The molecule has 1 aliphatic carbocycles. The maximum Gasteiger partial charge on any atom is 0.267 e. The number of aryl methyl sites for hydroxylation is 2. The minimum absolute atomic E-state index is 0.0439. The molecule has 0 aliphatic heterocycles. The Morgan fingerprint density at radius 3 is 2.83 bits per heavy atom. The first-order chi connectivity index (χ1) is 14.2. The van der Waals surface area contributed by atoms with Gasteiger partial charge in [0.05, 0.1) is 16.8 Å². The molecular weight excluding hydrogens is 406 g/mol. The summed E-state index contributed by atoms with van der Waals surface area (Å²) in [6, 6.07) is 9.47. The second kappa shape index (κ2) is 9.11. The molecule has 1 amide bonds. The highest BCUT2D eigenvalue weighted by Crippen LogP contribution is 2.35. The van der Waals surface area contributed by atoms with E-state index in [1.807, 2.05) is 30.3 Å². The number of nitrogens with zero attached hydrogens (tertiary/aromatic N) is 2. The van der Waals surface area contributed by atoms with Crippen molar-refractivity contribution in [2.75, 3.05) is 18.9 Å². The molecule has 1 aliphatic rings. The minimum atomic E-state index is -0.136. The van der Waals surface area contributed by atoms with Crippen molar-refractivity contribution in [3.8, 4) is 5.69 Å². The lowest BCUT2D eigenvalue weighted by atomic mass is 9.97. The second-order valence-electron chi connectivity index (χ2n) is 6.98. The Morgan fingerprint density at radius 2 is 2.03 bits per heavy atom. The van der Waals surface area contributed by atoms with Crippen molar-refractivity contribution >= 4 is 39.2 Å². The first-order valence-electron chi connectivity index (χ1n) is 9.82. The highest BCUT2D eigenvalue weighted by atomic mass is 32.2. The molecule has 0 atom stereocenters. The van der Waals surface area contributed by atoms with Crippen molar-refractivity contribution in [1.29, 1.82) is 0 Å². The lowest BCUT2D eigenvalue weighted by molar-refractivity contribution is -0.118. The summed E-state index contributed by atoms with van der Waals surface area (Å²) in [5, 5.41) is 12.9. The summed E-state index contributed by atoms with van der Waals surface area (Å²) in [4.78, 5) is 32.5. The monoisotopic (exact) mass is 429 g/mol. The lowest BCUT2D eigenvalue weighted by Crippen LogP contribution is -2.27. The molecule has 0 saturated carbocycles. The van der Waals surface area contributed by atoms with Crippen LogP contribution < -0.4 is 10.9 Å². The molecule has 6 nitrogen and oxygen atoms in total. The molecule has 0 unspecified atom stereocenters. The van der Waals surface area contributed by atoms with Crippen LogP contribution in [0.3, 0.4) is 0 Å². The van der Waals surface area contributed by atoms with Gasteiger partial charge in [-0.05, 0) is 49.8 Å². The van der Waals surface area contributed by atoms with Crippen LogP contribution in [0, 0.1) is 0 Å². The van der Waals surface area contributed by atoms with E-state index in [1.165, 1.54) is 16.6 Å². The van der Waals surface area contributed by atoms with Crippen LogP contribution in [-0.4, -0.2) is 39.5 Å². The number of hydrogen-bond donors (Lipinski definition) is 2. The zero-order valence-electron chi connectivity index (χ0n) is 16.0. The Morgan fingerprint density at radius 1 is 1.24 bits per heavy atom. The Hall–Kier alpha value is -2.16. The normalized spacial score (nSPS) is 13.4. The second-order valence-corrected chi connectivity index (χ2v) is 9.00. The molecule has 2 heterocycles. The van der Waals surface area contributed by atoms with Crippen LogP contribution in [0.1, 0.15) is 29.7 Å². The van der Waals surface area contributed by atoms with Crippen LogP contribution in [0.25, 0.3) is 15.9 Å². The number of thioether (sulfide) groups is 1. The third kappa shape index (κ3) is 4.24. The van der Waals surface area contributed by atoms with E-state index in [0.29, 0.717) is 18.1 Å². The topological polar surface area (TPSA) is 84.2 Å². The van der Waals surface area contributed by atoms with E-state index in [-0.39, 0.29) is 23.8 Å². The average Bonchev–Trinajstić information content (AvgIpc) is 3.12. The number of aliphatic hydroxyl groups excluding tert-OH is 1. The predicted octanol–water partition coefficient (Wildman–Crippen LogP) is 2.92. The standard InChI is InChI=1S/C21H23N3O3S2/c25-12-6-11-22-17(26)13-28-21-23-19-18(15-9-4-5-10-16(15)29-19)20(27)24(21)14-7-2-1-3-8-14/h1-3,7-8,25H,4-6,9-13H2,(H,22,26). The van der Waals surface area contributed by atoms with Crippen molar-refractivity contribution in [3.63, 3.8) is 0 Å². The number of para-hydroxylation sites is 1. The van der Waals surface area contributed by atoms with Gasteiger partial charge in [-0.3, -0.25) is 14.2 Å². The molecular formula is C21H23N3O3S2. The zero-order valence-corrected chi connectivity index (χ0v) is 17.7. The maximum absolute atomic E-state index is 13.5. The Balaban J connectivity index is 1.74. The van der Waals surface area contributed by atoms with Crippen LogP contribution >= 0.6 is 23.1 Å². The third-order valence-corrected chi connectivity index (χ3v) is 7.09. The van der Waals surface area contributed by atoms with Crippen molar-refractivity contribution in [2.24, 2.45) is 0 Å².